The standard InChI is InChI=1S/C9H19ClNO5P/c1-4-5-14-16-17(10,13)15-9(12)8(11)6-7(2)3/h7-8H,4-6,11H2,1-3H3/t8-,17?/m0/s1. The van der Waals surface area contributed by atoms with Crippen LogP contribution in [-0.4, -0.2) is 18.6 Å². The number of hydrogen-bond donors (Lipinski definition) is 1. The lowest BCUT2D eigenvalue weighted by Crippen LogP contribution is -2.32. The molecule has 0 amide bonds. The lowest BCUT2D eigenvalue weighted by Gasteiger charge is -2.15. The fraction of sp³-hybridized carbons (Fsp3) is 0.889. The van der Waals surface area contributed by atoms with Gasteiger partial charge in [0, 0.05) is 11.2 Å². The predicted octanol–water partition coefficient (Wildman–Crippen LogP) is 2.61. The van der Waals surface area contributed by atoms with Gasteiger partial charge in [-0.3, -0.25) is 4.79 Å². The maximum atomic E-state index is 11.4. The summed E-state index contributed by atoms with van der Waals surface area (Å²) < 4.78 is 20.2. The van der Waals surface area contributed by atoms with Crippen molar-refractivity contribution in [3.63, 3.8) is 0 Å². The van der Waals surface area contributed by atoms with Crippen molar-refractivity contribution in [1.29, 1.82) is 0 Å². The average molecular weight is 288 g/mol. The van der Waals surface area contributed by atoms with Crippen LogP contribution in [0.4, 0.5) is 0 Å². The molecule has 0 heterocycles. The molecule has 0 aliphatic rings. The Labute approximate surface area is 106 Å². The highest BCUT2D eigenvalue weighted by Crippen LogP contribution is 2.54. The molecule has 2 atom stereocenters. The summed E-state index contributed by atoms with van der Waals surface area (Å²) in [6.45, 7) is 1.77. The highest BCUT2D eigenvalue weighted by molar-refractivity contribution is 7.81. The second kappa shape index (κ2) is 8.06. The predicted molar refractivity (Wildman–Crippen MR) is 64.3 cm³/mol. The molecule has 2 N–H and O–H groups in total. The SMILES string of the molecule is CCCOOP(=O)(Cl)OC(=O)[C@@H](N)CC(C)C. The minimum Gasteiger partial charge on any atom is -0.378 e. The first-order valence-corrected chi connectivity index (χ1v) is 7.83. The second-order valence-corrected chi connectivity index (χ2v) is 6.41. The van der Waals surface area contributed by atoms with Gasteiger partial charge in [0.1, 0.15) is 6.04 Å². The average Bonchev–Trinajstić information content (AvgIpc) is 2.15. The maximum Gasteiger partial charge on any atom is 0.505 e. The molecule has 0 radical (unpaired) electrons. The molecule has 17 heavy (non-hydrogen) atoms. The Hall–Kier alpha value is -0.130. The summed E-state index contributed by atoms with van der Waals surface area (Å²) in [6, 6.07) is -0.878. The summed E-state index contributed by atoms with van der Waals surface area (Å²) in [5, 5.41) is 0. The van der Waals surface area contributed by atoms with E-state index in [1.807, 2.05) is 20.8 Å². The molecular weight excluding hydrogens is 269 g/mol. The normalized spacial score (nSPS) is 16.6. The second-order valence-electron chi connectivity index (χ2n) is 3.97. The van der Waals surface area contributed by atoms with Crippen LogP contribution in [0.15, 0.2) is 0 Å². The van der Waals surface area contributed by atoms with E-state index in [0.717, 1.165) is 0 Å². The first-order valence-electron chi connectivity index (χ1n) is 5.38. The number of rotatable bonds is 8. The van der Waals surface area contributed by atoms with E-state index < -0.39 is 19.0 Å². The van der Waals surface area contributed by atoms with Crippen molar-refractivity contribution in [2.45, 2.75) is 39.7 Å². The number of nitrogens with two attached hydrogens (primary N) is 1. The molecular formula is C9H19ClNO5P. The van der Waals surface area contributed by atoms with Crippen LogP contribution in [0.5, 0.6) is 0 Å². The van der Waals surface area contributed by atoms with Gasteiger partial charge in [-0.1, -0.05) is 20.8 Å². The molecule has 0 fully saturated rings. The Morgan fingerprint density at radius 3 is 2.53 bits per heavy atom. The third-order valence-electron chi connectivity index (χ3n) is 1.66. The van der Waals surface area contributed by atoms with E-state index in [9.17, 15) is 9.36 Å². The molecule has 0 aliphatic carbocycles. The molecule has 1 unspecified atom stereocenters. The number of carbonyl (C=O) groups is 1. The van der Waals surface area contributed by atoms with Crippen molar-refractivity contribution in [1.82, 2.24) is 0 Å². The van der Waals surface area contributed by atoms with Gasteiger partial charge in [-0.15, -0.1) is 4.67 Å². The van der Waals surface area contributed by atoms with Gasteiger partial charge in [-0.05, 0) is 18.8 Å². The van der Waals surface area contributed by atoms with Crippen molar-refractivity contribution in [3.05, 3.63) is 0 Å². The van der Waals surface area contributed by atoms with Gasteiger partial charge in [-0.25, -0.2) is 9.45 Å². The van der Waals surface area contributed by atoms with Crippen LogP contribution >= 0.6 is 18.2 Å². The minimum atomic E-state index is -4.06. The molecule has 0 aromatic rings. The molecule has 8 heteroatoms. The molecule has 0 saturated heterocycles. The van der Waals surface area contributed by atoms with Crippen LogP contribution < -0.4 is 5.73 Å². The summed E-state index contributed by atoms with van der Waals surface area (Å²) in [6.07, 6.45) is 1.06. The minimum absolute atomic E-state index is 0.201. The number of hydrogen-bond acceptors (Lipinski definition) is 6. The van der Waals surface area contributed by atoms with Crippen molar-refractivity contribution in [3.8, 4) is 0 Å². The van der Waals surface area contributed by atoms with Gasteiger partial charge in [0.15, 0.2) is 0 Å². The van der Waals surface area contributed by atoms with Gasteiger partial charge in [0.05, 0.1) is 6.61 Å². The summed E-state index contributed by atoms with van der Waals surface area (Å²) in [5.74, 6) is -0.651. The summed E-state index contributed by atoms with van der Waals surface area (Å²) in [7, 11) is 0. The molecule has 0 saturated carbocycles. The molecule has 0 rings (SSSR count). The highest BCUT2D eigenvalue weighted by Gasteiger charge is 2.30. The maximum absolute atomic E-state index is 11.4. The number of halogens is 1. The van der Waals surface area contributed by atoms with Crippen molar-refractivity contribution in [2.24, 2.45) is 11.7 Å². The summed E-state index contributed by atoms with van der Waals surface area (Å²) in [4.78, 5) is 15.9. The molecule has 0 aliphatic heterocycles. The third-order valence-corrected chi connectivity index (χ3v) is 2.71. The highest BCUT2D eigenvalue weighted by atomic mass is 35.7. The van der Waals surface area contributed by atoms with Crippen LogP contribution in [0.25, 0.3) is 0 Å². The molecule has 102 valence electrons. The van der Waals surface area contributed by atoms with Crippen LogP contribution in [-0.2, 0) is 23.4 Å². The van der Waals surface area contributed by atoms with E-state index in [1.54, 1.807) is 0 Å². The Morgan fingerprint density at radius 1 is 1.47 bits per heavy atom. The zero-order valence-corrected chi connectivity index (χ0v) is 11.9. The van der Waals surface area contributed by atoms with E-state index in [4.69, 9.17) is 17.0 Å². The molecule has 0 bridgehead atoms. The first-order chi connectivity index (χ1) is 7.78. The van der Waals surface area contributed by atoms with E-state index >= 15 is 0 Å². The zero-order valence-electron chi connectivity index (χ0n) is 10.2. The monoisotopic (exact) mass is 287 g/mol. The lowest BCUT2D eigenvalue weighted by atomic mass is 10.1. The Balaban J connectivity index is 4.12. The topological polar surface area (TPSA) is 87.9 Å². The van der Waals surface area contributed by atoms with Crippen LogP contribution in [0, 0.1) is 5.92 Å². The Kier molecular flexibility index (Phi) is 8.00. The molecule has 0 aromatic carbocycles. The zero-order chi connectivity index (χ0) is 13.5. The van der Waals surface area contributed by atoms with Gasteiger partial charge < -0.3 is 10.3 Å². The van der Waals surface area contributed by atoms with E-state index in [1.165, 1.54) is 0 Å². The third kappa shape index (κ3) is 8.57. The molecule has 6 nitrogen and oxygen atoms in total. The largest absolute Gasteiger partial charge is 0.505 e. The van der Waals surface area contributed by atoms with E-state index in [2.05, 4.69) is 14.1 Å². The van der Waals surface area contributed by atoms with Crippen molar-refractivity contribution in [2.75, 3.05) is 6.61 Å². The first kappa shape index (κ1) is 16.9. The van der Waals surface area contributed by atoms with Crippen LogP contribution in [0.1, 0.15) is 33.6 Å². The van der Waals surface area contributed by atoms with Gasteiger partial charge in [0.25, 0.3) is 0 Å². The number of carbonyl (C=O) groups excluding carboxylic acids is 1. The quantitative estimate of drug-likeness (QED) is 0.319. The fourth-order valence-corrected chi connectivity index (χ4v) is 1.88. The summed E-state index contributed by atoms with van der Waals surface area (Å²) >= 11 is 5.36. The van der Waals surface area contributed by atoms with Gasteiger partial charge in [-0.2, -0.15) is 0 Å². The smallest absolute Gasteiger partial charge is 0.378 e. The van der Waals surface area contributed by atoms with Crippen molar-refractivity contribution < 1.29 is 23.4 Å². The van der Waals surface area contributed by atoms with E-state index in [0.29, 0.717) is 12.8 Å². The molecule has 0 spiro atoms. The summed E-state index contributed by atoms with van der Waals surface area (Å²) in [5.41, 5.74) is 5.53. The van der Waals surface area contributed by atoms with Gasteiger partial charge in [0.2, 0.25) is 0 Å². The molecule has 0 aromatic heterocycles. The van der Waals surface area contributed by atoms with Gasteiger partial charge >= 0.3 is 12.9 Å². The Bertz CT molecular complexity index is 287. The fourth-order valence-electron chi connectivity index (χ4n) is 0.978. The van der Waals surface area contributed by atoms with E-state index in [-0.39, 0.29) is 12.5 Å². The van der Waals surface area contributed by atoms with Crippen LogP contribution in [0.3, 0.4) is 0 Å². The van der Waals surface area contributed by atoms with Crippen molar-refractivity contribution >= 4 is 24.2 Å². The Morgan fingerprint density at radius 2 is 2.06 bits per heavy atom. The van der Waals surface area contributed by atoms with Crippen LogP contribution in [0.2, 0.25) is 0 Å². The lowest BCUT2D eigenvalue weighted by molar-refractivity contribution is -0.211.